The molecule has 3 aromatic rings. The number of anilines is 1. The number of ketones is 1. The minimum Gasteiger partial charge on any atom is -0.321 e. The number of rotatable bonds is 5. The Bertz CT molecular complexity index is 1170. The molecule has 1 aliphatic rings. The van der Waals surface area contributed by atoms with Gasteiger partial charge in [0.25, 0.3) is 5.91 Å². The van der Waals surface area contributed by atoms with Gasteiger partial charge in [-0.3, -0.25) is 14.6 Å². The summed E-state index contributed by atoms with van der Waals surface area (Å²) in [4.78, 5) is 30.9. The number of benzene rings is 3. The summed E-state index contributed by atoms with van der Waals surface area (Å²) < 4.78 is 0. The number of nitrogens with zero attached hydrogens (tertiary/aromatic N) is 1. The molecule has 0 bridgehead atoms. The highest BCUT2D eigenvalue weighted by Crippen LogP contribution is 2.32. The van der Waals surface area contributed by atoms with E-state index in [9.17, 15) is 9.59 Å². The molecular weight excluding hydrogens is 392 g/mol. The van der Waals surface area contributed by atoms with Crippen molar-refractivity contribution in [1.29, 1.82) is 0 Å². The number of aliphatic imine (C=N–C) groups is 1. The fraction of sp³-hybridized carbons (Fsp3) is 0.160. The number of hydrogen-bond acceptors (Lipinski definition) is 4. The van der Waals surface area contributed by atoms with Crippen molar-refractivity contribution in [2.45, 2.75) is 25.2 Å². The maximum atomic E-state index is 12.7. The number of carbonyl (C=O) groups excluding carboxylic acids is 2. The fourth-order valence-electron chi connectivity index (χ4n) is 3.43. The summed E-state index contributed by atoms with van der Waals surface area (Å²) in [5, 5.41) is 3.01. The SMILES string of the molecule is Cc1cccc(C(=O)Nc2ccccc2SCC2=Nc3c(C)cccc3C(=O)C2)c1. The van der Waals surface area contributed by atoms with Crippen molar-refractivity contribution in [3.05, 3.63) is 89.0 Å². The standard InChI is InChI=1S/C25H22N2O2S/c1-16-7-5-9-18(13-16)25(29)27-21-11-3-4-12-23(21)30-15-19-14-22(28)20-10-6-8-17(2)24(20)26-19/h3-13H,14-15H2,1-2H3,(H,27,29). The number of para-hydroxylation sites is 2. The molecule has 0 aliphatic carbocycles. The van der Waals surface area contributed by atoms with E-state index in [4.69, 9.17) is 4.99 Å². The van der Waals surface area contributed by atoms with Crippen LogP contribution in [-0.2, 0) is 0 Å². The van der Waals surface area contributed by atoms with Crippen molar-refractivity contribution < 1.29 is 9.59 Å². The number of Topliss-reactive ketones (excluding diaryl/α,β-unsaturated/α-hetero) is 1. The van der Waals surface area contributed by atoms with E-state index < -0.39 is 0 Å². The van der Waals surface area contributed by atoms with Gasteiger partial charge in [0.05, 0.1) is 17.8 Å². The average molecular weight is 415 g/mol. The molecule has 3 aromatic carbocycles. The van der Waals surface area contributed by atoms with Gasteiger partial charge in [-0.05, 0) is 49.7 Å². The summed E-state index contributed by atoms with van der Waals surface area (Å²) in [5.41, 5.74) is 5.78. The van der Waals surface area contributed by atoms with Crippen LogP contribution in [0.1, 0.15) is 38.3 Å². The lowest BCUT2D eigenvalue weighted by atomic mass is 9.98. The molecule has 1 heterocycles. The molecule has 4 nitrogen and oxygen atoms in total. The average Bonchev–Trinajstić information content (AvgIpc) is 2.74. The Hall–Kier alpha value is -3.18. The van der Waals surface area contributed by atoms with Gasteiger partial charge in [0, 0.05) is 27.5 Å². The van der Waals surface area contributed by atoms with Crippen LogP contribution in [0.3, 0.4) is 0 Å². The topological polar surface area (TPSA) is 58.5 Å². The van der Waals surface area contributed by atoms with Crippen LogP contribution in [0, 0.1) is 13.8 Å². The number of nitrogens with one attached hydrogen (secondary N) is 1. The van der Waals surface area contributed by atoms with E-state index in [0.29, 0.717) is 23.3 Å². The van der Waals surface area contributed by atoms with Crippen LogP contribution in [-0.4, -0.2) is 23.2 Å². The number of aryl methyl sites for hydroxylation is 2. The number of hydrogen-bond donors (Lipinski definition) is 1. The first kappa shape index (κ1) is 20.1. The van der Waals surface area contributed by atoms with Crippen LogP contribution in [0.4, 0.5) is 11.4 Å². The summed E-state index contributed by atoms with van der Waals surface area (Å²) in [7, 11) is 0. The molecule has 0 spiro atoms. The smallest absolute Gasteiger partial charge is 0.255 e. The second-order valence-corrected chi connectivity index (χ2v) is 8.37. The van der Waals surface area contributed by atoms with Crippen molar-refractivity contribution in [3.63, 3.8) is 0 Å². The molecule has 4 rings (SSSR count). The molecule has 0 saturated heterocycles. The second kappa shape index (κ2) is 8.67. The van der Waals surface area contributed by atoms with Gasteiger partial charge >= 0.3 is 0 Å². The molecule has 150 valence electrons. The van der Waals surface area contributed by atoms with Crippen molar-refractivity contribution in [1.82, 2.24) is 0 Å². The van der Waals surface area contributed by atoms with Crippen LogP contribution in [0.2, 0.25) is 0 Å². The summed E-state index contributed by atoms with van der Waals surface area (Å²) in [6, 6.07) is 20.9. The number of amides is 1. The van der Waals surface area contributed by atoms with E-state index in [1.54, 1.807) is 17.8 Å². The van der Waals surface area contributed by atoms with Gasteiger partial charge in [0.2, 0.25) is 0 Å². The normalized spacial score (nSPS) is 12.9. The van der Waals surface area contributed by atoms with Crippen molar-refractivity contribution in [3.8, 4) is 0 Å². The van der Waals surface area contributed by atoms with E-state index in [-0.39, 0.29) is 11.7 Å². The maximum Gasteiger partial charge on any atom is 0.255 e. The molecule has 5 heteroatoms. The molecule has 1 aliphatic heterocycles. The molecule has 0 aromatic heterocycles. The molecule has 0 fully saturated rings. The predicted octanol–water partition coefficient (Wildman–Crippen LogP) is 6.01. The van der Waals surface area contributed by atoms with E-state index in [1.165, 1.54) is 0 Å². The highest BCUT2D eigenvalue weighted by molar-refractivity contribution is 8.00. The molecule has 30 heavy (non-hydrogen) atoms. The molecule has 1 amide bonds. The number of fused-ring (bicyclic) bond motifs is 1. The Kier molecular flexibility index (Phi) is 5.81. The zero-order valence-electron chi connectivity index (χ0n) is 16.9. The van der Waals surface area contributed by atoms with Crippen LogP contribution in [0.25, 0.3) is 0 Å². The lowest BCUT2D eigenvalue weighted by molar-refractivity contribution is 0.0997. The van der Waals surface area contributed by atoms with Gasteiger partial charge in [0.15, 0.2) is 5.78 Å². The largest absolute Gasteiger partial charge is 0.321 e. The number of carbonyl (C=O) groups is 2. The molecule has 0 saturated carbocycles. The quantitative estimate of drug-likeness (QED) is 0.520. The Morgan fingerprint density at radius 3 is 2.67 bits per heavy atom. The monoisotopic (exact) mass is 414 g/mol. The summed E-state index contributed by atoms with van der Waals surface area (Å²) in [5.74, 6) is 0.568. The lowest BCUT2D eigenvalue weighted by Crippen LogP contribution is -2.16. The first-order chi connectivity index (χ1) is 14.5. The number of thioether (sulfide) groups is 1. The van der Waals surface area contributed by atoms with Gasteiger partial charge in [-0.1, -0.05) is 42.0 Å². The van der Waals surface area contributed by atoms with Crippen LogP contribution in [0.15, 0.2) is 76.6 Å². The van der Waals surface area contributed by atoms with Crippen molar-refractivity contribution in [2.24, 2.45) is 4.99 Å². The van der Waals surface area contributed by atoms with Gasteiger partial charge in [-0.15, -0.1) is 11.8 Å². The molecule has 0 unspecified atom stereocenters. The Balaban J connectivity index is 1.51. The van der Waals surface area contributed by atoms with Crippen LogP contribution in [0.5, 0.6) is 0 Å². The van der Waals surface area contributed by atoms with E-state index in [1.807, 2.05) is 74.5 Å². The van der Waals surface area contributed by atoms with Crippen LogP contribution >= 0.6 is 11.8 Å². The maximum absolute atomic E-state index is 12.7. The highest BCUT2D eigenvalue weighted by Gasteiger charge is 2.21. The first-order valence-corrected chi connectivity index (χ1v) is 10.8. The van der Waals surface area contributed by atoms with Gasteiger partial charge in [-0.2, -0.15) is 0 Å². The zero-order chi connectivity index (χ0) is 21.1. The van der Waals surface area contributed by atoms with Crippen molar-refractivity contribution >= 4 is 40.5 Å². The highest BCUT2D eigenvalue weighted by atomic mass is 32.2. The third-order valence-corrected chi connectivity index (χ3v) is 6.13. The predicted molar refractivity (Wildman–Crippen MR) is 124 cm³/mol. The Morgan fingerprint density at radius 2 is 1.83 bits per heavy atom. The second-order valence-electron chi connectivity index (χ2n) is 7.36. The Labute approximate surface area is 180 Å². The third kappa shape index (κ3) is 4.36. The molecule has 1 N–H and O–H groups in total. The zero-order valence-corrected chi connectivity index (χ0v) is 17.8. The van der Waals surface area contributed by atoms with Crippen molar-refractivity contribution in [2.75, 3.05) is 11.1 Å². The van der Waals surface area contributed by atoms with Crippen LogP contribution < -0.4 is 5.32 Å². The van der Waals surface area contributed by atoms with Gasteiger partial charge < -0.3 is 5.32 Å². The third-order valence-electron chi connectivity index (χ3n) is 4.98. The van der Waals surface area contributed by atoms with E-state index in [0.717, 1.165) is 33.1 Å². The summed E-state index contributed by atoms with van der Waals surface area (Å²) in [6.45, 7) is 3.94. The molecule has 0 radical (unpaired) electrons. The minimum atomic E-state index is -0.138. The van der Waals surface area contributed by atoms with Gasteiger partial charge in [0.1, 0.15) is 0 Å². The summed E-state index contributed by atoms with van der Waals surface area (Å²) in [6.07, 6.45) is 0.335. The lowest BCUT2D eigenvalue weighted by Gasteiger charge is -2.17. The fourth-order valence-corrected chi connectivity index (χ4v) is 4.37. The summed E-state index contributed by atoms with van der Waals surface area (Å²) >= 11 is 1.58. The Morgan fingerprint density at radius 1 is 1.03 bits per heavy atom. The van der Waals surface area contributed by atoms with E-state index >= 15 is 0 Å². The molecule has 0 atom stereocenters. The van der Waals surface area contributed by atoms with E-state index in [2.05, 4.69) is 5.32 Å². The first-order valence-electron chi connectivity index (χ1n) is 9.80. The minimum absolute atomic E-state index is 0.111. The molecular formula is C25H22N2O2S. The van der Waals surface area contributed by atoms with Gasteiger partial charge in [-0.25, -0.2) is 0 Å².